The normalized spacial score (nSPS) is 11.3. The number of hydrogen-bond donors (Lipinski definition) is 5. The van der Waals surface area contributed by atoms with Gasteiger partial charge >= 0.3 is 7.82 Å². The summed E-state index contributed by atoms with van der Waals surface area (Å²) in [4.78, 5) is 24.7. The molecule has 2 aromatic heterocycles. The van der Waals surface area contributed by atoms with Crippen molar-refractivity contribution in [3.8, 4) is 11.4 Å². The SMILES string of the molecule is Clc1c(Br)ccc2[nH]cc(-c3nnn[nH]3)c12.O=P(O)(O)O. The number of H-pyrrole nitrogens is 2. The van der Waals surface area contributed by atoms with Crippen LogP contribution in [-0.2, 0) is 4.57 Å². The summed E-state index contributed by atoms with van der Waals surface area (Å²) in [6.07, 6.45) is 1.82. The van der Waals surface area contributed by atoms with Crippen LogP contribution >= 0.6 is 35.4 Å². The molecule has 0 saturated heterocycles. The van der Waals surface area contributed by atoms with Gasteiger partial charge in [-0.1, -0.05) is 11.6 Å². The Labute approximate surface area is 130 Å². The molecular formula is C9H8BrClN5O4P. The van der Waals surface area contributed by atoms with Gasteiger partial charge < -0.3 is 19.7 Å². The van der Waals surface area contributed by atoms with Crippen molar-refractivity contribution in [1.82, 2.24) is 25.6 Å². The Morgan fingerprint density at radius 3 is 2.52 bits per heavy atom. The van der Waals surface area contributed by atoms with Crippen LogP contribution in [0.1, 0.15) is 0 Å². The molecule has 0 unspecified atom stereocenters. The Hall–Kier alpha value is -1.29. The smallest absolute Gasteiger partial charge is 0.360 e. The number of rotatable bonds is 1. The number of halogens is 2. The Kier molecular flexibility index (Phi) is 4.77. The maximum absolute atomic E-state index is 8.88. The largest absolute Gasteiger partial charge is 0.466 e. The van der Waals surface area contributed by atoms with Crippen LogP contribution in [0.2, 0.25) is 5.02 Å². The highest BCUT2D eigenvalue weighted by atomic mass is 79.9. The summed E-state index contributed by atoms with van der Waals surface area (Å²) in [6, 6.07) is 3.84. The van der Waals surface area contributed by atoms with E-state index in [2.05, 4.69) is 41.5 Å². The third-order valence-corrected chi connectivity index (χ3v) is 3.62. The first-order valence-electron chi connectivity index (χ1n) is 5.25. The van der Waals surface area contributed by atoms with Gasteiger partial charge in [0.05, 0.1) is 5.02 Å². The van der Waals surface area contributed by atoms with Gasteiger partial charge in [0.25, 0.3) is 0 Å². The average Bonchev–Trinajstić information content (AvgIpc) is 3.00. The van der Waals surface area contributed by atoms with Crippen molar-refractivity contribution in [3.63, 3.8) is 0 Å². The van der Waals surface area contributed by atoms with E-state index in [-0.39, 0.29) is 0 Å². The van der Waals surface area contributed by atoms with Crippen molar-refractivity contribution >= 4 is 46.3 Å². The molecule has 1 aromatic carbocycles. The molecular weight excluding hydrogens is 388 g/mol. The van der Waals surface area contributed by atoms with E-state index in [1.54, 1.807) is 0 Å². The lowest BCUT2D eigenvalue weighted by Gasteiger charge is -1.99. The molecule has 0 spiro atoms. The Morgan fingerprint density at radius 2 is 1.95 bits per heavy atom. The molecule has 0 saturated carbocycles. The van der Waals surface area contributed by atoms with Crippen molar-refractivity contribution in [2.75, 3.05) is 0 Å². The van der Waals surface area contributed by atoms with Crippen LogP contribution in [0.25, 0.3) is 22.3 Å². The minimum atomic E-state index is -4.64. The molecule has 112 valence electrons. The Morgan fingerprint density at radius 1 is 1.29 bits per heavy atom. The fourth-order valence-electron chi connectivity index (χ4n) is 1.62. The number of nitrogens with zero attached hydrogens (tertiary/aromatic N) is 3. The number of hydrogen-bond acceptors (Lipinski definition) is 4. The van der Waals surface area contributed by atoms with Gasteiger partial charge in [-0.15, -0.1) is 5.10 Å². The molecule has 0 atom stereocenters. The topological polar surface area (TPSA) is 148 Å². The summed E-state index contributed by atoms with van der Waals surface area (Å²) in [6.45, 7) is 0. The minimum Gasteiger partial charge on any atom is -0.360 e. The summed E-state index contributed by atoms with van der Waals surface area (Å²) < 4.78 is 9.72. The predicted octanol–water partition coefficient (Wildman–Crippen LogP) is 1.84. The summed E-state index contributed by atoms with van der Waals surface area (Å²) in [7, 11) is -4.64. The second kappa shape index (κ2) is 6.22. The van der Waals surface area contributed by atoms with Crippen LogP contribution < -0.4 is 0 Å². The van der Waals surface area contributed by atoms with Crippen LogP contribution in [0, 0.1) is 0 Å². The summed E-state index contributed by atoms with van der Waals surface area (Å²) >= 11 is 9.63. The molecule has 5 N–H and O–H groups in total. The third kappa shape index (κ3) is 4.10. The molecule has 0 aliphatic carbocycles. The van der Waals surface area contributed by atoms with E-state index in [1.807, 2.05) is 18.3 Å². The van der Waals surface area contributed by atoms with E-state index >= 15 is 0 Å². The maximum Gasteiger partial charge on any atom is 0.466 e. The second-order valence-electron chi connectivity index (χ2n) is 3.75. The van der Waals surface area contributed by atoms with Gasteiger partial charge in [-0.25, -0.2) is 9.66 Å². The lowest BCUT2D eigenvalue weighted by atomic mass is 10.1. The predicted molar refractivity (Wildman–Crippen MR) is 78.4 cm³/mol. The molecule has 0 fully saturated rings. The fourth-order valence-corrected chi connectivity index (χ4v) is 2.21. The summed E-state index contributed by atoms with van der Waals surface area (Å²) in [5.41, 5.74) is 1.80. The molecule has 0 aliphatic rings. The third-order valence-electron chi connectivity index (χ3n) is 2.34. The number of aromatic nitrogens is 5. The molecule has 0 aliphatic heterocycles. The first-order chi connectivity index (χ1) is 9.77. The maximum atomic E-state index is 8.88. The van der Waals surface area contributed by atoms with E-state index in [0.29, 0.717) is 10.8 Å². The van der Waals surface area contributed by atoms with Gasteiger partial charge in [0.1, 0.15) is 0 Å². The zero-order chi connectivity index (χ0) is 15.6. The lowest BCUT2D eigenvalue weighted by molar-refractivity contribution is 0.275. The average molecular weight is 397 g/mol. The van der Waals surface area contributed by atoms with Gasteiger partial charge in [-0.2, -0.15) is 0 Å². The molecule has 9 nitrogen and oxygen atoms in total. The molecule has 0 bridgehead atoms. The summed E-state index contributed by atoms with van der Waals surface area (Å²) in [5.74, 6) is 0.589. The number of tetrazole rings is 1. The fraction of sp³-hybridized carbons (Fsp3) is 0. The molecule has 3 aromatic rings. The van der Waals surface area contributed by atoms with Crippen LogP contribution in [0.3, 0.4) is 0 Å². The first-order valence-corrected chi connectivity index (χ1v) is 7.98. The van der Waals surface area contributed by atoms with Crippen LogP contribution in [0.5, 0.6) is 0 Å². The first kappa shape index (κ1) is 16.1. The molecule has 0 amide bonds. The van der Waals surface area contributed by atoms with E-state index in [1.165, 1.54) is 0 Å². The number of benzene rings is 1. The zero-order valence-electron chi connectivity index (χ0n) is 10.0. The van der Waals surface area contributed by atoms with E-state index in [9.17, 15) is 0 Å². The van der Waals surface area contributed by atoms with Crippen LogP contribution in [0.4, 0.5) is 0 Å². The minimum absolute atomic E-state index is 0.589. The highest BCUT2D eigenvalue weighted by Gasteiger charge is 2.13. The van der Waals surface area contributed by atoms with E-state index in [4.69, 9.17) is 30.8 Å². The monoisotopic (exact) mass is 395 g/mol. The van der Waals surface area contributed by atoms with Crippen LogP contribution in [-0.4, -0.2) is 40.3 Å². The van der Waals surface area contributed by atoms with Gasteiger partial charge in [-0.05, 0) is 38.5 Å². The Bertz CT molecular complexity index is 794. The van der Waals surface area contributed by atoms with E-state index < -0.39 is 7.82 Å². The van der Waals surface area contributed by atoms with Crippen molar-refractivity contribution in [1.29, 1.82) is 0 Å². The lowest BCUT2D eigenvalue weighted by Crippen LogP contribution is -1.80. The molecule has 21 heavy (non-hydrogen) atoms. The van der Waals surface area contributed by atoms with Crippen LogP contribution in [0.15, 0.2) is 22.8 Å². The van der Waals surface area contributed by atoms with Gasteiger partial charge in [0.2, 0.25) is 0 Å². The molecule has 3 rings (SSSR count). The molecule has 12 heteroatoms. The van der Waals surface area contributed by atoms with Gasteiger partial charge in [0.15, 0.2) is 5.82 Å². The van der Waals surface area contributed by atoms with Crippen molar-refractivity contribution in [2.24, 2.45) is 0 Å². The summed E-state index contributed by atoms with van der Waals surface area (Å²) in [5, 5.41) is 15.2. The van der Waals surface area contributed by atoms with Gasteiger partial charge in [-0.3, -0.25) is 0 Å². The van der Waals surface area contributed by atoms with Crippen molar-refractivity contribution in [2.45, 2.75) is 0 Å². The second-order valence-corrected chi connectivity index (χ2v) is 6.01. The quantitative estimate of drug-likeness (QED) is 0.394. The number of nitrogens with one attached hydrogen (secondary N) is 2. The van der Waals surface area contributed by atoms with Crippen molar-refractivity contribution < 1.29 is 19.2 Å². The highest BCUT2D eigenvalue weighted by Crippen LogP contribution is 2.36. The standard InChI is InChI=1S/C9H5BrClN5.H3O4P/c10-5-1-2-6-7(8(5)11)4(3-12-6)9-13-15-16-14-9;1-5(2,3)4/h1-3,12H,(H,13,14,15,16);(H3,1,2,3,4). The van der Waals surface area contributed by atoms with Crippen molar-refractivity contribution in [3.05, 3.63) is 27.8 Å². The number of phosphoric acid groups is 1. The Balaban J connectivity index is 0.000000282. The molecule has 0 radical (unpaired) electrons. The highest BCUT2D eigenvalue weighted by molar-refractivity contribution is 9.10. The number of aromatic amines is 2. The number of fused-ring (bicyclic) bond motifs is 1. The van der Waals surface area contributed by atoms with Gasteiger partial charge in [0, 0.05) is 27.1 Å². The zero-order valence-corrected chi connectivity index (χ0v) is 13.3. The molecule has 2 heterocycles. The van der Waals surface area contributed by atoms with E-state index in [0.717, 1.165) is 20.9 Å².